The van der Waals surface area contributed by atoms with E-state index in [2.05, 4.69) is 10.6 Å². The lowest BCUT2D eigenvalue weighted by molar-refractivity contribution is 0.240. The molecule has 0 bridgehead atoms. The smallest absolute Gasteiger partial charge is 0.315 e. The molecule has 0 aliphatic rings. The maximum atomic E-state index is 13.5. The second-order valence-corrected chi connectivity index (χ2v) is 5.60. The maximum absolute atomic E-state index is 13.5. The van der Waals surface area contributed by atoms with Crippen LogP contribution in [0.5, 0.6) is 11.5 Å². The van der Waals surface area contributed by atoms with Gasteiger partial charge in [-0.2, -0.15) is 0 Å². The summed E-state index contributed by atoms with van der Waals surface area (Å²) in [6, 6.07) is 11.8. The third-order valence-electron chi connectivity index (χ3n) is 3.70. The van der Waals surface area contributed by atoms with Crippen molar-refractivity contribution >= 4 is 6.03 Å². The van der Waals surface area contributed by atoms with Gasteiger partial charge in [0.2, 0.25) is 0 Å². The number of halogens is 1. The molecule has 6 heteroatoms. The molecule has 0 saturated heterocycles. The minimum atomic E-state index is -0.329. The molecule has 0 atom stereocenters. The molecule has 0 unspecified atom stereocenters. The Morgan fingerprint density at radius 1 is 1.00 bits per heavy atom. The Bertz CT molecular complexity index is 722. The van der Waals surface area contributed by atoms with E-state index in [1.54, 1.807) is 18.2 Å². The number of urea groups is 1. The number of rotatable bonds is 9. The molecule has 26 heavy (non-hydrogen) atoms. The topological polar surface area (TPSA) is 59.6 Å². The van der Waals surface area contributed by atoms with Crippen molar-refractivity contribution in [2.45, 2.75) is 26.8 Å². The molecule has 2 aromatic rings. The summed E-state index contributed by atoms with van der Waals surface area (Å²) in [6.45, 7) is 5.58. The fourth-order valence-electron chi connectivity index (χ4n) is 2.45. The molecule has 0 heterocycles. The molecule has 2 aromatic carbocycles. The van der Waals surface area contributed by atoms with Crippen molar-refractivity contribution < 1.29 is 18.7 Å². The average Bonchev–Trinajstić information content (AvgIpc) is 2.63. The summed E-state index contributed by atoms with van der Waals surface area (Å²) in [7, 11) is 0. The fraction of sp³-hybridized carbons (Fsp3) is 0.350. The average molecular weight is 360 g/mol. The SMILES string of the molecule is CCOc1ccc(CCNC(=O)NCc2ccccc2F)cc1OCC. The number of carbonyl (C=O) groups excluding carboxylic acids is 1. The van der Waals surface area contributed by atoms with Crippen molar-refractivity contribution in [3.8, 4) is 11.5 Å². The van der Waals surface area contributed by atoms with Crippen LogP contribution in [0.15, 0.2) is 42.5 Å². The van der Waals surface area contributed by atoms with Crippen LogP contribution in [0.3, 0.4) is 0 Å². The molecule has 0 aliphatic heterocycles. The summed E-state index contributed by atoms with van der Waals surface area (Å²) >= 11 is 0. The van der Waals surface area contributed by atoms with Crippen molar-refractivity contribution in [3.63, 3.8) is 0 Å². The number of hydrogen-bond donors (Lipinski definition) is 2. The van der Waals surface area contributed by atoms with Crippen LogP contribution in [0.2, 0.25) is 0 Å². The van der Waals surface area contributed by atoms with E-state index in [1.165, 1.54) is 6.07 Å². The van der Waals surface area contributed by atoms with Gasteiger partial charge >= 0.3 is 6.03 Å². The van der Waals surface area contributed by atoms with Crippen molar-refractivity contribution in [2.75, 3.05) is 19.8 Å². The summed E-state index contributed by atoms with van der Waals surface area (Å²) in [4.78, 5) is 11.8. The van der Waals surface area contributed by atoms with Gasteiger partial charge < -0.3 is 20.1 Å². The quantitative estimate of drug-likeness (QED) is 0.717. The minimum absolute atomic E-state index is 0.149. The largest absolute Gasteiger partial charge is 0.490 e. The highest BCUT2D eigenvalue weighted by Crippen LogP contribution is 2.28. The van der Waals surface area contributed by atoms with Crippen molar-refractivity contribution in [1.29, 1.82) is 0 Å². The van der Waals surface area contributed by atoms with Crippen LogP contribution in [0.4, 0.5) is 9.18 Å². The Kier molecular flexibility index (Phi) is 7.74. The molecular formula is C20H25FN2O3. The van der Waals surface area contributed by atoms with E-state index in [9.17, 15) is 9.18 Å². The zero-order valence-corrected chi connectivity index (χ0v) is 15.2. The number of ether oxygens (including phenoxy) is 2. The summed E-state index contributed by atoms with van der Waals surface area (Å²) in [6.07, 6.45) is 0.652. The first-order chi connectivity index (χ1) is 12.6. The van der Waals surface area contributed by atoms with Crippen LogP contribution in [-0.4, -0.2) is 25.8 Å². The van der Waals surface area contributed by atoms with Gasteiger partial charge in [0, 0.05) is 18.7 Å². The zero-order chi connectivity index (χ0) is 18.8. The molecule has 0 aromatic heterocycles. The highest BCUT2D eigenvalue weighted by Gasteiger charge is 2.07. The molecule has 0 radical (unpaired) electrons. The number of amides is 2. The number of carbonyl (C=O) groups is 1. The molecule has 0 aliphatic carbocycles. The molecule has 0 fully saturated rings. The van der Waals surface area contributed by atoms with E-state index in [-0.39, 0.29) is 18.4 Å². The highest BCUT2D eigenvalue weighted by atomic mass is 19.1. The van der Waals surface area contributed by atoms with E-state index in [0.717, 1.165) is 5.56 Å². The summed E-state index contributed by atoms with van der Waals surface area (Å²) in [5.41, 5.74) is 1.49. The lowest BCUT2D eigenvalue weighted by Gasteiger charge is -2.13. The molecular weight excluding hydrogens is 335 g/mol. The van der Waals surface area contributed by atoms with Crippen molar-refractivity contribution in [2.24, 2.45) is 0 Å². The summed E-state index contributed by atoms with van der Waals surface area (Å²) in [5, 5.41) is 5.42. The van der Waals surface area contributed by atoms with Gasteiger partial charge in [0.05, 0.1) is 13.2 Å². The molecule has 0 saturated carbocycles. The van der Waals surface area contributed by atoms with E-state index < -0.39 is 0 Å². The second kappa shape index (κ2) is 10.3. The van der Waals surface area contributed by atoms with Gasteiger partial charge in [-0.05, 0) is 44.0 Å². The van der Waals surface area contributed by atoms with Gasteiger partial charge in [-0.15, -0.1) is 0 Å². The third kappa shape index (κ3) is 5.95. The van der Waals surface area contributed by atoms with Gasteiger partial charge in [-0.3, -0.25) is 0 Å². The van der Waals surface area contributed by atoms with Gasteiger partial charge in [0.25, 0.3) is 0 Å². The first-order valence-corrected chi connectivity index (χ1v) is 8.77. The Morgan fingerprint density at radius 2 is 1.73 bits per heavy atom. The summed E-state index contributed by atoms with van der Waals surface area (Å²) < 4.78 is 24.6. The third-order valence-corrected chi connectivity index (χ3v) is 3.70. The zero-order valence-electron chi connectivity index (χ0n) is 15.2. The normalized spacial score (nSPS) is 10.3. The van der Waals surface area contributed by atoms with Crippen LogP contribution >= 0.6 is 0 Å². The monoisotopic (exact) mass is 360 g/mol. The lowest BCUT2D eigenvalue weighted by atomic mass is 10.1. The second-order valence-electron chi connectivity index (χ2n) is 5.60. The fourth-order valence-corrected chi connectivity index (χ4v) is 2.45. The van der Waals surface area contributed by atoms with Crippen LogP contribution in [-0.2, 0) is 13.0 Å². The van der Waals surface area contributed by atoms with Gasteiger partial charge in [0.1, 0.15) is 5.82 Å². The molecule has 2 N–H and O–H groups in total. The van der Waals surface area contributed by atoms with Crippen molar-refractivity contribution in [1.82, 2.24) is 10.6 Å². The Hall–Kier alpha value is -2.76. The Balaban J connectivity index is 1.80. The lowest BCUT2D eigenvalue weighted by Crippen LogP contribution is -2.36. The highest BCUT2D eigenvalue weighted by molar-refractivity contribution is 5.73. The predicted molar refractivity (Wildman–Crippen MR) is 99.1 cm³/mol. The van der Waals surface area contributed by atoms with Crippen LogP contribution < -0.4 is 20.1 Å². The van der Waals surface area contributed by atoms with E-state index in [4.69, 9.17) is 9.47 Å². The first-order valence-electron chi connectivity index (χ1n) is 8.77. The number of hydrogen-bond acceptors (Lipinski definition) is 3. The summed E-state index contributed by atoms with van der Waals surface area (Å²) in [5.74, 6) is 1.09. The van der Waals surface area contributed by atoms with Crippen LogP contribution in [0.1, 0.15) is 25.0 Å². The first kappa shape index (κ1) is 19.6. The van der Waals surface area contributed by atoms with E-state index in [1.807, 2.05) is 32.0 Å². The standard InChI is InChI=1S/C20H25FN2O3/c1-3-25-18-10-9-15(13-19(18)26-4-2)11-12-22-20(24)23-14-16-7-5-6-8-17(16)21/h5-10,13H,3-4,11-12,14H2,1-2H3,(H2,22,23,24). The maximum Gasteiger partial charge on any atom is 0.315 e. The number of nitrogens with one attached hydrogen (secondary N) is 2. The Labute approximate surface area is 153 Å². The molecule has 2 amide bonds. The minimum Gasteiger partial charge on any atom is -0.490 e. The van der Waals surface area contributed by atoms with E-state index in [0.29, 0.717) is 43.2 Å². The molecule has 0 spiro atoms. The number of benzene rings is 2. The van der Waals surface area contributed by atoms with Gasteiger partial charge in [-0.1, -0.05) is 24.3 Å². The van der Waals surface area contributed by atoms with Crippen LogP contribution in [0, 0.1) is 5.82 Å². The predicted octanol–water partition coefficient (Wildman–Crippen LogP) is 3.67. The van der Waals surface area contributed by atoms with Crippen molar-refractivity contribution in [3.05, 3.63) is 59.4 Å². The molecule has 140 valence electrons. The van der Waals surface area contributed by atoms with Gasteiger partial charge in [0.15, 0.2) is 11.5 Å². The van der Waals surface area contributed by atoms with Crippen LogP contribution in [0.25, 0.3) is 0 Å². The van der Waals surface area contributed by atoms with E-state index >= 15 is 0 Å². The Morgan fingerprint density at radius 3 is 2.46 bits per heavy atom. The van der Waals surface area contributed by atoms with Gasteiger partial charge in [-0.25, -0.2) is 9.18 Å². The molecule has 5 nitrogen and oxygen atoms in total. The molecule has 2 rings (SSSR count).